The highest BCUT2D eigenvalue weighted by Gasteiger charge is 2.28. The second-order valence-corrected chi connectivity index (χ2v) is 7.91. The van der Waals surface area contributed by atoms with Crippen LogP contribution in [0.1, 0.15) is 31.4 Å². The number of nitrogens with zero attached hydrogens (tertiary/aromatic N) is 5. The number of piperazine rings is 1. The highest BCUT2D eigenvalue weighted by molar-refractivity contribution is 5.82. The zero-order valence-electron chi connectivity index (χ0n) is 16.6. The van der Waals surface area contributed by atoms with Crippen molar-refractivity contribution in [1.82, 2.24) is 14.9 Å². The third-order valence-corrected chi connectivity index (χ3v) is 5.75. The summed E-state index contributed by atoms with van der Waals surface area (Å²) in [5, 5.41) is 11.1. The predicted octanol–water partition coefficient (Wildman–Crippen LogP) is 3.20. The summed E-state index contributed by atoms with van der Waals surface area (Å²) in [6.45, 7) is 4.46. The number of non-ortho nitro benzene ring substituents is 1. The molecule has 1 saturated heterocycles. The topological polar surface area (TPSA) is 92.5 Å². The minimum absolute atomic E-state index is 0.00450. The van der Waals surface area contributed by atoms with E-state index in [1.165, 1.54) is 37.8 Å². The summed E-state index contributed by atoms with van der Waals surface area (Å²) in [6.07, 6.45) is 5.01. The lowest BCUT2D eigenvalue weighted by molar-refractivity contribution is -0.384. The van der Waals surface area contributed by atoms with Crippen molar-refractivity contribution in [1.29, 1.82) is 0 Å². The first-order valence-corrected chi connectivity index (χ1v) is 10.1. The molecule has 0 bridgehead atoms. The average Bonchev–Trinajstić information content (AvgIpc) is 3.22. The van der Waals surface area contributed by atoms with E-state index in [9.17, 15) is 14.9 Å². The van der Waals surface area contributed by atoms with Crippen LogP contribution < -0.4 is 4.90 Å². The molecule has 1 amide bonds. The lowest BCUT2D eigenvalue weighted by atomic mass is 10.1. The molecule has 0 spiro atoms. The van der Waals surface area contributed by atoms with Crippen molar-refractivity contribution < 1.29 is 9.72 Å². The molecule has 1 aliphatic carbocycles. The van der Waals surface area contributed by atoms with Crippen LogP contribution in [0.15, 0.2) is 30.3 Å². The standard InChI is InChI=1S/C21H25N5O3/c1-15-11-19(23-21(22-15)17-7-4-8-18(12-17)26(28)29)24-9-10-25(20(27)14-24)13-16-5-2-3-6-16/h4,7-8,11-12,16H,2-3,5-6,9-10,13-14H2,1H3. The van der Waals surface area contributed by atoms with Gasteiger partial charge in [0.15, 0.2) is 5.82 Å². The Kier molecular flexibility index (Phi) is 5.42. The van der Waals surface area contributed by atoms with Crippen LogP contribution in [-0.2, 0) is 4.79 Å². The summed E-state index contributed by atoms with van der Waals surface area (Å²) in [5.74, 6) is 1.90. The first-order chi connectivity index (χ1) is 14.0. The first-order valence-electron chi connectivity index (χ1n) is 10.1. The number of hydrogen-bond acceptors (Lipinski definition) is 6. The van der Waals surface area contributed by atoms with Gasteiger partial charge in [0, 0.05) is 49.1 Å². The molecule has 2 aromatic rings. The second kappa shape index (κ2) is 8.14. The number of aromatic nitrogens is 2. The van der Waals surface area contributed by atoms with Crippen LogP contribution in [0.5, 0.6) is 0 Å². The molecule has 0 unspecified atom stereocenters. The molecule has 2 fully saturated rings. The Morgan fingerprint density at radius 2 is 1.97 bits per heavy atom. The molecule has 0 N–H and O–H groups in total. The van der Waals surface area contributed by atoms with E-state index in [0.717, 1.165) is 18.8 Å². The van der Waals surface area contributed by atoms with Gasteiger partial charge in [0.25, 0.3) is 5.69 Å². The van der Waals surface area contributed by atoms with Crippen LogP contribution in [0.4, 0.5) is 11.5 Å². The Balaban J connectivity index is 1.51. The number of rotatable bonds is 5. The van der Waals surface area contributed by atoms with E-state index in [2.05, 4.69) is 9.97 Å². The van der Waals surface area contributed by atoms with Crippen molar-refractivity contribution in [3.05, 3.63) is 46.1 Å². The molecule has 8 heteroatoms. The molecule has 152 valence electrons. The molecule has 2 aliphatic rings. The third-order valence-electron chi connectivity index (χ3n) is 5.75. The van der Waals surface area contributed by atoms with Gasteiger partial charge in [0.1, 0.15) is 5.82 Å². The second-order valence-electron chi connectivity index (χ2n) is 7.91. The van der Waals surface area contributed by atoms with Crippen LogP contribution in [0, 0.1) is 23.0 Å². The molecule has 1 aromatic carbocycles. The molecule has 29 heavy (non-hydrogen) atoms. The monoisotopic (exact) mass is 395 g/mol. The summed E-state index contributed by atoms with van der Waals surface area (Å²) < 4.78 is 0. The van der Waals surface area contributed by atoms with Gasteiger partial charge in [0.05, 0.1) is 11.5 Å². The van der Waals surface area contributed by atoms with E-state index >= 15 is 0 Å². The highest BCUT2D eigenvalue weighted by Crippen LogP contribution is 2.27. The van der Waals surface area contributed by atoms with E-state index in [-0.39, 0.29) is 11.6 Å². The lowest BCUT2D eigenvalue weighted by Gasteiger charge is -2.36. The Labute approximate surface area is 169 Å². The molecule has 8 nitrogen and oxygen atoms in total. The minimum Gasteiger partial charge on any atom is -0.345 e. The normalized spacial score (nSPS) is 17.8. The zero-order valence-corrected chi connectivity index (χ0v) is 16.6. The van der Waals surface area contributed by atoms with Gasteiger partial charge in [-0.15, -0.1) is 0 Å². The number of benzene rings is 1. The van der Waals surface area contributed by atoms with Crippen LogP contribution in [0.2, 0.25) is 0 Å². The van der Waals surface area contributed by atoms with Crippen molar-refractivity contribution in [3.8, 4) is 11.4 Å². The fraction of sp³-hybridized carbons (Fsp3) is 0.476. The number of aryl methyl sites for hydroxylation is 1. The Morgan fingerprint density at radius 3 is 2.69 bits per heavy atom. The summed E-state index contributed by atoms with van der Waals surface area (Å²) >= 11 is 0. The van der Waals surface area contributed by atoms with Crippen molar-refractivity contribution >= 4 is 17.4 Å². The molecule has 0 radical (unpaired) electrons. The summed E-state index contributed by atoms with van der Waals surface area (Å²) in [6, 6.07) is 8.17. The van der Waals surface area contributed by atoms with E-state index < -0.39 is 4.92 Å². The van der Waals surface area contributed by atoms with Gasteiger partial charge < -0.3 is 9.80 Å². The van der Waals surface area contributed by atoms with E-state index in [4.69, 9.17) is 0 Å². The molecule has 1 aliphatic heterocycles. The van der Waals surface area contributed by atoms with Gasteiger partial charge in [-0.2, -0.15) is 0 Å². The average molecular weight is 395 g/mol. The van der Waals surface area contributed by atoms with Gasteiger partial charge >= 0.3 is 0 Å². The van der Waals surface area contributed by atoms with Crippen molar-refractivity contribution in [2.75, 3.05) is 31.1 Å². The molecule has 2 heterocycles. The number of amides is 1. The third kappa shape index (κ3) is 4.36. The fourth-order valence-electron chi connectivity index (χ4n) is 4.20. The summed E-state index contributed by atoms with van der Waals surface area (Å²) in [5.41, 5.74) is 1.36. The SMILES string of the molecule is Cc1cc(N2CCN(CC3CCCC3)C(=O)C2)nc(-c2cccc([N+](=O)[O-])c2)n1. The van der Waals surface area contributed by atoms with E-state index in [0.29, 0.717) is 36.2 Å². The number of carbonyl (C=O) groups excluding carboxylic acids is 1. The zero-order chi connectivity index (χ0) is 20.4. The van der Waals surface area contributed by atoms with Crippen LogP contribution in [0.3, 0.4) is 0 Å². The number of anilines is 1. The van der Waals surface area contributed by atoms with Crippen molar-refractivity contribution in [2.24, 2.45) is 5.92 Å². The maximum Gasteiger partial charge on any atom is 0.270 e. The van der Waals surface area contributed by atoms with Gasteiger partial charge in [-0.25, -0.2) is 9.97 Å². The van der Waals surface area contributed by atoms with Crippen LogP contribution in [-0.4, -0.2) is 51.9 Å². The van der Waals surface area contributed by atoms with Gasteiger partial charge in [0.2, 0.25) is 5.91 Å². The van der Waals surface area contributed by atoms with E-state index in [1.54, 1.807) is 12.1 Å². The molecule has 0 atom stereocenters. The fourth-order valence-corrected chi connectivity index (χ4v) is 4.20. The van der Waals surface area contributed by atoms with E-state index in [1.807, 2.05) is 22.8 Å². The number of nitro benzene ring substituents is 1. The van der Waals surface area contributed by atoms with Gasteiger partial charge in [-0.1, -0.05) is 25.0 Å². The van der Waals surface area contributed by atoms with Crippen LogP contribution in [0.25, 0.3) is 11.4 Å². The lowest BCUT2D eigenvalue weighted by Crippen LogP contribution is -2.51. The molecular formula is C21H25N5O3. The largest absolute Gasteiger partial charge is 0.345 e. The Bertz CT molecular complexity index is 926. The quantitative estimate of drug-likeness (QED) is 0.570. The molecule has 4 rings (SSSR count). The minimum atomic E-state index is -0.428. The summed E-state index contributed by atoms with van der Waals surface area (Å²) in [7, 11) is 0. The smallest absolute Gasteiger partial charge is 0.270 e. The Hall–Kier alpha value is -3.03. The molecular weight excluding hydrogens is 370 g/mol. The molecule has 1 aromatic heterocycles. The predicted molar refractivity (Wildman–Crippen MR) is 110 cm³/mol. The maximum absolute atomic E-state index is 12.7. The first kappa shape index (κ1) is 19.3. The van der Waals surface area contributed by atoms with Gasteiger partial charge in [-0.3, -0.25) is 14.9 Å². The van der Waals surface area contributed by atoms with Crippen molar-refractivity contribution in [2.45, 2.75) is 32.6 Å². The van der Waals surface area contributed by atoms with Crippen LogP contribution >= 0.6 is 0 Å². The summed E-state index contributed by atoms with van der Waals surface area (Å²) in [4.78, 5) is 36.4. The number of hydrogen-bond donors (Lipinski definition) is 0. The Morgan fingerprint density at radius 1 is 1.17 bits per heavy atom. The maximum atomic E-state index is 12.7. The van der Waals surface area contributed by atoms with Gasteiger partial charge in [-0.05, 0) is 25.7 Å². The number of nitro groups is 1. The van der Waals surface area contributed by atoms with Crippen molar-refractivity contribution in [3.63, 3.8) is 0 Å². The molecule has 1 saturated carbocycles. The number of carbonyl (C=O) groups is 1. The highest BCUT2D eigenvalue weighted by atomic mass is 16.6.